The molecule has 0 amide bonds. The van der Waals surface area contributed by atoms with Gasteiger partial charge in [0, 0.05) is 48.7 Å². The maximum absolute atomic E-state index is 2.52. The summed E-state index contributed by atoms with van der Waals surface area (Å²) in [5.41, 5.74) is 12.7. The number of nitrogens with zero attached hydrogens (tertiary/aromatic N) is 2. The highest BCUT2D eigenvalue weighted by molar-refractivity contribution is 6.26. The standard InChI is InChI=1S/C42H24N2/c1-2-9-25(10-3-1)26-20-22-38-36(23-26)35-17-8-16-34-33-15-6-12-28(40(33)44(38)42(34)35)27-19-21-30-32-14-7-13-31-29-11-4-5-18-37(29)43(41(31)32)39(30)24-27/h1-24H. The molecule has 202 valence electrons. The third kappa shape index (κ3) is 2.68. The van der Waals surface area contributed by atoms with Gasteiger partial charge in [-0.3, -0.25) is 0 Å². The topological polar surface area (TPSA) is 8.82 Å². The van der Waals surface area contributed by atoms with Gasteiger partial charge in [0.1, 0.15) is 0 Å². The lowest BCUT2D eigenvalue weighted by Crippen LogP contribution is -1.87. The Morgan fingerprint density at radius 1 is 0.273 bits per heavy atom. The Hall–Kier alpha value is -5.86. The predicted octanol–water partition coefficient (Wildman–Crippen LogP) is 11.3. The van der Waals surface area contributed by atoms with Gasteiger partial charge in [-0.25, -0.2) is 0 Å². The molecule has 44 heavy (non-hydrogen) atoms. The Balaban J connectivity index is 1.25. The van der Waals surface area contributed by atoms with Gasteiger partial charge < -0.3 is 8.80 Å². The summed E-state index contributed by atoms with van der Waals surface area (Å²) in [5.74, 6) is 0. The fourth-order valence-corrected chi connectivity index (χ4v) is 8.16. The number of hydrogen-bond donors (Lipinski definition) is 0. The molecule has 0 radical (unpaired) electrons. The fourth-order valence-electron chi connectivity index (χ4n) is 8.16. The summed E-state index contributed by atoms with van der Waals surface area (Å²) in [6, 6.07) is 53.8. The molecule has 7 aromatic carbocycles. The molecule has 0 aliphatic carbocycles. The summed E-state index contributed by atoms with van der Waals surface area (Å²) in [5, 5.41) is 10.5. The van der Waals surface area contributed by atoms with Crippen molar-refractivity contribution in [3.05, 3.63) is 146 Å². The minimum absolute atomic E-state index is 1.24. The van der Waals surface area contributed by atoms with Crippen molar-refractivity contribution in [3.8, 4) is 22.3 Å². The van der Waals surface area contributed by atoms with Crippen molar-refractivity contribution >= 4 is 76.2 Å². The molecule has 0 unspecified atom stereocenters. The van der Waals surface area contributed by atoms with Gasteiger partial charge >= 0.3 is 0 Å². The van der Waals surface area contributed by atoms with Crippen LogP contribution in [0.4, 0.5) is 0 Å². The zero-order chi connectivity index (χ0) is 28.5. The van der Waals surface area contributed by atoms with Crippen LogP contribution in [0.1, 0.15) is 0 Å². The predicted molar refractivity (Wildman–Crippen MR) is 187 cm³/mol. The Morgan fingerprint density at radius 3 is 1.66 bits per heavy atom. The minimum atomic E-state index is 1.24. The fraction of sp³-hybridized carbons (Fsp3) is 0. The molecule has 0 bridgehead atoms. The van der Waals surface area contributed by atoms with Crippen LogP contribution in [0.25, 0.3) is 98.4 Å². The quantitative estimate of drug-likeness (QED) is 0.200. The Morgan fingerprint density at radius 2 is 0.841 bits per heavy atom. The normalized spacial score (nSPS) is 12.5. The smallest absolute Gasteiger partial charge is 0.0620 e. The number of rotatable bonds is 2. The molecule has 4 heterocycles. The van der Waals surface area contributed by atoms with Gasteiger partial charge in [0.25, 0.3) is 0 Å². The molecule has 0 spiro atoms. The molecular weight excluding hydrogens is 532 g/mol. The molecule has 0 aliphatic rings. The van der Waals surface area contributed by atoms with Crippen LogP contribution in [-0.4, -0.2) is 8.80 Å². The average Bonchev–Trinajstić information content (AvgIpc) is 3.81. The van der Waals surface area contributed by atoms with Gasteiger partial charge in [0.05, 0.1) is 33.1 Å². The van der Waals surface area contributed by atoms with Crippen molar-refractivity contribution in [1.82, 2.24) is 8.80 Å². The molecule has 0 fully saturated rings. The van der Waals surface area contributed by atoms with Crippen molar-refractivity contribution in [2.45, 2.75) is 0 Å². The van der Waals surface area contributed by atoms with E-state index < -0.39 is 0 Å². The summed E-state index contributed by atoms with van der Waals surface area (Å²) in [7, 11) is 0. The second kappa shape index (κ2) is 7.94. The highest BCUT2D eigenvalue weighted by atomic mass is 14.9. The lowest BCUT2D eigenvalue weighted by Gasteiger charge is -2.08. The molecule has 0 atom stereocenters. The van der Waals surface area contributed by atoms with Crippen LogP contribution in [-0.2, 0) is 0 Å². The number of hydrogen-bond acceptors (Lipinski definition) is 0. The average molecular weight is 557 g/mol. The maximum Gasteiger partial charge on any atom is 0.0620 e. The van der Waals surface area contributed by atoms with Gasteiger partial charge in [0.2, 0.25) is 0 Å². The first-order valence-corrected chi connectivity index (χ1v) is 15.3. The number of fused-ring (bicyclic) bond motifs is 12. The summed E-state index contributed by atoms with van der Waals surface area (Å²) in [6.07, 6.45) is 0. The van der Waals surface area contributed by atoms with Gasteiger partial charge in [-0.05, 0) is 41.0 Å². The molecule has 0 saturated carbocycles. The maximum atomic E-state index is 2.52. The van der Waals surface area contributed by atoms with Crippen molar-refractivity contribution in [1.29, 1.82) is 0 Å². The molecular formula is C42H24N2. The van der Waals surface area contributed by atoms with E-state index in [1.165, 1.54) is 98.4 Å². The van der Waals surface area contributed by atoms with E-state index in [1.807, 2.05) is 0 Å². The first kappa shape index (κ1) is 22.7. The first-order valence-electron chi connectivity index (χ1n) is 15.3. The van der Waals surface area contributed by atoms with Crippen LogP contribution in [0.2, 0.25) is 0 Å². The van der Waals surface area contributed by atoms with Gasteiger partial charge in [0.15, 0.2) is 0 Å². The van der Waals surface area contributed by atoms with Crippen molar-refractivity contribution in [2.24, 2.45) is 0 Å². The van der Waals surface area contributed by atoms with Crippen LogP contribution in [0.15, 0.2) is 146 Å². The van der Waals surface area contributed by atoms with Crippen molar-refractivity contribution < 1.29 is 0 Å². The molecule has 11 aromatic rings. The highest BCUT2D eigenvalue weighted by Crippen LogP contribution is 2.45. The Labute approximate surface area is 252 Å². The first-order chi connectivity index (χ1) is 21.8. The molecule has 0 saturated heterocycles. The lowest BCUT2D eigenvalue weighted by molar-refractivity contribution is 1.36. The number of benzene rings is 7. The summed E-state index contributed by atoms with van der Waals surface area (Å²) in [4.78, 5) is 0. The van der Waals surface area contributed by atoms with Gasteiger partial charge in [-0.1, -0.05) is 121 Å². The third-order valence-corrected chi connectivity index (χ3v) is 9.98. The molecule has 2 heteroatoms. The monoisotopic (exact) mass is 556 g/mol. The summed E-state index contributed by atoms with van der Waals surface area (Å²) in [6.45, 7) is 0. The summed E-state index contributed by atoms with van der Waals surface area (Å²) < 4.78 is 5.00. The Bertz CT molecular complexity index is 2920. The SMILES string of the molecule is c1ccc(-c2ccc3c(c2)c2cccc4c5cccc(-c6ccc7c8cccc9c%10ccccc%10n(c7c6)c98)c5n3c24)cc1. The van der Waals surface area contributed by atoms with Crippen molar-refractivity contribution in [3.63, 3.8) is 0 Å². The van der Waals surface area contributed by atoms with E-state index in [-0.39, 0.29) is 0 Å². The molecule has 2 nitrogen and oxygen atoms in total. The van der Waals surface area contributed by atoms with Gasteiger partial charge in [-0.15, -0.1) is 0 Å². The van der Waals surface area contributed by atoms with E-state index in [0.29, 0.717) is 0 Å². The van der Waals surface area contributed by atoms with Crippen LogP contribution in [0, 0.1) is 0 Å². The second-order valence-electron chi connectivity index (χ2n) is 12.1. The summed E-state index contributed by atoms with van der Waals surface area (Å²) >= 11 is 0. The Kier molecular flexibility index (Phi) is 4.10. The van der Waals surface area contributed by atoms with E-state index in [0.717, 1.165) is 0 Å². The van der Waals surface area contributed by atoms with Crippen LogP contribution in [0.5, 0.6) is 0 Å². The van der Waals surface area contributed by atoms with E-state index >= 15 is 0 Å². The van der Waals surface area contributed by atoms with E-state index in [4.69, 9.17) is 0 Å². The van der Waals surface area contributed by atoms with Gasteiger partial charge in [-0.2, -0.15) is 0 Å². The van der Waals surface area contributed by atoms with E-state index in [9.17, 15) is 0 Å². The third-order valence-electron chi connectivity index (χ3n) is 9.98. The van der Waals surface area contributed by atoms with Crippen LogP contribution < -0.4 is 0 Å². The van der Waals surface area contributed by atoms with E-state index in [1.54, 1.807) is 0 Å². The minimum Gasteiger partial charge on any atom is -0.308 e. The number of aromatic nitrogens is 2. The zero-order valence-electron chi connectivity index (χ0n) is 23.8. The lowest BCUT2D eigenvalue weighted by atomic mass is 9.99. The van der Waals surface area contributed by atoms with E-state index in [2.05, 4.69) is 154 Å². The van der Waals surface area contributed by atoms with Crippen LogP contribution >= 0.6 is 0 Å². The molecule has 11 rings (SSSR count). The van der Waals surface area contributed by atoms with Crippen LogP contribution in [0.3, 0.4) is 0 Å². The molecule has 0 aliphatic heterocycles. The largest absolute Gasteiger partial charge is 0.308 e. The molecule has 0 N–H and O–H groups in total. The number of para-hydroxylation sites is 4. The zero-order valence-corrected chi connectivity index (χ0v) is 23.8. The second-order valence-corrected chi connectivity index (χ2v) is 12.1. The van der Waals surface area contributed by atoms with Crippen molar-refractivity contribution in [2.75, 3.05) is 0 Å². The highest BCUT2D eigenvalue weighted by Gasteiger charge is 2.21. The molecule has 4 aromatic heterocycles.